The molecule has 5 aromatic rings. The lowest BCUT2D eigenvalue weighted by molar-refractivity contribution is 1.19. The van der Waals surface area contributed by atoms with Crippen molar-refractivity contribution < 1.29 is 0 Å². The molecule has 0 fully saturated rings. The summed E-state index contributed by atoms with van der Waals surface area (Å²) in [4.78, 5) is 9.76. The molecule has 2 heteroatoms. The van der Waals surface area contributed by atoms with Crippen LogP contribution >= 0.6 is 0 Å². The molecule has 0 unspecified atom stereocenters. The number of hydrogen-bond acceptors (Lipinski definition) is 2. The summed E-state index contributed by atoms with van der Waals surface area (Å²) in [5.74, 6) is 0. The summed E-state index contributed by atoms with van der Waals surface area (Å²) >= 11 is 0. The normalized spacial score (nSPS) is 11.4. The average molecular weight is 320 g/mol. The van der Waals surface area contributed by atoms with E-state index in [4.69, 9.17) is 9.97 Å². The smallest absolute Gasteiger partial charge is 0.0922 e. The van der Waals surface area contributed by atoms with Crippen LogP contribution in [0.4, 0.5) is 0 Å². The van der Waals surface area contributed by atoms with Crippen LogP contribution < -0.4 is 0 Å². The molecule has 118 valence electrons. The minimum absolute atomic E-state index is 0.937. The lowest BCUT2D eigenvalue weighted by Gasteiger charge is -2.09. The monoisotopic (exact) mass is 320 g/mol. The fraction of sp³-hybridized carbons (Fsp3) is 0.0435. The topological polar surface area (TPSA) is 25.8 Å². The molecule has 1 heterocycles. The predicted molar refractivity (Wildman–Crippen MR) is 105 cm³/mol. The Morgan fingerprint density at radius 2 is 1.12 bits per heavy atom. The highest BCUT2D eigenvalue weighted by Crippen LogP contribution is 2.28. The van der Waals surface area contributed by atoms with Crippen LogP contribution in [0.2, 0.25) is 0 Å². The molecular weight excluding hydrogens is 304 g/mol. The van der Waals surface area contributed by atoms with E-state index in [1.165, 1.54) is 21.5 Å². The van der Waals surface area contributed by atoms with Gasteiger partial charge in [-0.25, -0.2) is 9.97 Å². The summed E-state index contributed by atoms with van der Waals surface area (Å²) in [6.45, 7) is 2.03. The van der Waals surface area contributed by atoms with Gasteiger partial charge >= 0.3 is 0 Å². The number of fused-ring (bicyclic) bond motifs is 3. The second kappa shape index (κ2) is 5.38. The van der Waals surface area contributed by atoms with E-state index < -0.39 is 0 Å². The van der Waals surface area contributed by atoms with E-state index in [9.17, 15) is 0 Å². The number of aromatic nitrogens is 2. The molecule has 4 aromatic carbocycles. The molecule has 0 N–H and O–H groups in total. The molecule has 5 rings (SSSR count). The summed E-state index contributed by atoms with van der Waals surface area (Å²) in [7, 11) is 0. The van der Waals surface area contributed by atoms with Crippen LogP contribution in [0.3, 0.4) is 0 Å². The molecule has 0 amide bonds. The van der Waals surface area contributed by atoms with Gasteiger partial charge in [0.05, 0.1) is 22.4 Å². The van der Waals surface area contributed by atoms with Crippen LogP contribution in [0, 0.1) is 6.92 Å². The van der Waals surface area contributed by atoms with E-state index in [-0.39, 0.29) is 0 Å². The SMILES string of the molecule is Cc1nc2cc3ccccc3cc2nc1-c1ccc2ccccc2c1. The zero-order valence-electron chi connectivity index (χ0n) is 13.9. The van der Waals surface area contributed by atoms with Gasteiger partial charge < -0.3 is 0 Å². The third-order valence-corrected chi connectivity index (χ3v) is 4.73. The van der Waals surface area contributed by atoms with E-state index in [1.54, 1.807) is 0 Å². The van der Waals surface area contributed by atoms with Crippen molar-refractivity contribution >= 4 is 32.6 Å². The maximum atomic E-state index is 4.94. The molecule has 0 aliphatic heterocycles. The van der Waals surface area contributed by atoms with Crippen LogP contribution in [-0.2, 0) is 0 Å². The first-order valence-corrected chi connectivity index (χ1v) is 8.44. The minimum Gasteiger partial charge on any atom is -0.249 e. The van der Waals surface area contributed by atoms with Gasteiger partial charge in [-0.2, -0.15) is 0 Å². The van der Waals surface area contributed by atoms with Crippen LogP contribution in [0.1, 0.15) is 5.69 Å². The van der Waals surface area contributed by atoms with Crippen molar-refractivity contribution in [2.24, 2.45) is 0 Å². The Morgan fingerprint density at radius 1 is 0.560 bits per heavy atom. The minimum atomic E-state index is 0.937. The van der Waals surface area contributed by atoms with Gasteiger partial charge in [0, 0.05) is 5.56 Å². The third-order valence-electron chi connectivity index (χ3n) is 4.73. The summed E-state index contributed by atoms with van der Waals surface area (Å²) in [5.41, 5.74) is 4.90. The molecule has 0 aliphatic carbocycles. The number of aryl methyl sites for hydroxylation is 1. The van der Waals surface area contributed by atoms with Gasteiger partial charge in [-0.1, -0.05) is 60.7 Å². The molecule has 25 heavy (non-hydrogen) atoms. The first kappa shape index (κ1) is 14.1. The van der Waals surface area contributed by atoms with Crippen molar-refractivity contribution in [3.8, 4) is 11.3 Å². The van der Waals surface area contributed by atoms with Gasteiger partial charge in [0.15, 0.2) is 0 Å². The van der Waals surface area contributed by atoms with E-state index in [2.05, 4.69) is 78.9 Å². The van der Waals surface area contributed by atoms with Crippen LogP contribution in [0.15, 0.2) is 78.9 Å². The third kappa shape index (κ3) is 2.34. The molecule has 0 saturated heterocycles. The van der Waals surface area contributed by atoms with Gasteiger partial charge in [-0.05, 0) is 46.7 Å². The lowest BCUT2D eigenvalue weighted by Crippen LogP contribution is -1.94. The summed E-state index contributed by atoms with van der Waals surface area (Å²) in [6, 6.07) is 27.5. The molecule has 1 aromatic heterocycles. The number of nitrogens with zero attached hydrogens (tertiary/aromatic N) is 2. The first-order chi connectivity index (χ1) is 12.3. The Morgan fingerprint density at radius 3 is 1.80 bits per heavy atom. The van der Waals surface area contributed by atoms with Crippen molar-refractivity contribution in [1.82, 2.24) is 9.97 Å². The lowest BCUT2D eigenvalue weighted by atomic mass is 10.0. The maximum Gasteiger partial charge on any atom is 0.0922 e. The van der Waals surface area contributed by atoms with Gasteiger partial charge in [-0.3, -0.25) is 0 Å². The Labute approximate surface area is 145 Å². The molecule has 0 aliphatic rings. The van der Waals surface area contributed by atoms with E-state index in [1.807, 2.05) is 6.92 Å². The van der Waals surface area contributed by atoms with Gasteiger partial charge in [0.2, 0.25) is 0 Å². The van der Waals surface area contributed by atoms with E-state index >= 15 is 0 Å². The van der Waals surface area contributed by atoms with Crippen molar-refractivity contribution in [3.63, 3.8) is 0 Å². The molecule has 0 bridgehead atoms. The van der Waals surface area contributed by atoms with Crippen molar-refractivity contribution in [2.75, 3.05) is 0 Å². The Bertz CT molecular complexity index is 1260. The summed E-state index contributed by atoms with van der Waals surface area (Å²) in [6.07, 6.45) is 0. The molecule has 2 nitrogen and oxygen atoms in total. The van der Waals surface area contributed by atoms with E-state index in [0.29, 0.717) is 0 Å². The maximum absolute atomic E-state index is 4.94. The second-order valence-corrected chi connectivity index (χ2v) is 6.41. The number of benzene rings is 4. The van der Waals surface area contributed by atoms with Crippen LogP contribution in [0.5, 0.6) is 0 Å². The van der Waals surface area contributed by atoms with Crippen molar-refractivity contribution in [1.29, 1.82) is 0 Å². The quantitative estimate of drug-likeness (QED) is 0.359. The molecule has 0 saturated carbocycles. The molecule has 0 atom stereocenters. The Kier molecular flexibility index (Phi) is 3.04. The fourth-order valence-electron chi connectivity index (χ4n) is 3.44. The number of hydrogen-bond donors (Lipinski definition) is 0. The highest BCUT2D eigenvalue weighted by molar-refractivity contribution is 5.96. The van der Waals surface area contributed by atoms with Gasteiger partial charge in [0.25, 0.3) is 0 Å². The highest BCUT2D eigenvalue weighted by Gasteiger charge is 2.09. The standard InChI is InChI=1S/C23H16N2/c1-15-23(20-11-10-16-6-2-3-7-17(16)12-20)25-22-14-19-9-5-4-8-18(19)13-21(22)24-15/h2-14H,1H3. The zero-order valence-corrected chi connectivity index (χ0v) is 13.9. The molecule has 0 spiro atoms. The Balaban J connectivity index is 1.76. The molecular formula is C23H16N2. The van der Waals surface area contributed by atoms with Crippen LogP contribution in [0.25, 0.3) is 43.8 Å². The van der Waals surface area contributed by atoms with Gasteiger partial charge in [0.1, 0.15) is 0 Å². The van der Waals surface area contributed by atoms with Crippen molar-refractivity contribution in [3.05, 3.63) is 84.6 Å². The van der Waals surface area contributed by atoms with Crippen molar-refractivity contribution in [2.45, 2.75) is 6.92 Å². The highest BCUT2D eigenvalue weighted by atomic mass is 14.8. The first-order valence-electron chi connectivity index (χ1n) is 8.44. The average Bonchev–Trinajstić information content (AvgIpc) is 2.65. The summed E-state index contributed by atoms with van der Waals surface area (Å²) < 4.78 is 0. The second-order valence-electron chi connectivity index (χ2n) is 6.41. The fourth-order valence-corrected chi connectivity index (χ4v) is 3.44. The van der Waals surface area contributed by atoms with Crippen LogP contribution in [-0.4, -0.2) is 9.97 Å². The molecule has 0 radical (unpaired) electrons. The largest absolute Gasteiger partial charge is 0.249 e. The zero-order chi connectivity index (χ0) is 16.8. The summed E-state index contributed by atoms with van der Waals surface area (Å²) in [5, 5.41) is 4.85. The Hall–Kier alpha value is -3.26. The predicted octanol–water partition coefficient (Wildman–Crippen LogP) is 5.91. The number of rotatable bonds is 1. The van der Waals surface area contributed by atoms with Gasteiger partial charge in [-0.15, -0.1) is 0 Å². The van der Waals surface area contributed by atoms with E-state index in [0.717, 1.165) is 28.0 Å².